The zero-order valence-corrected chi connectivity index (χ0v) is 14.1. The fourth-order valence-electron chi connectivity index (χ4n) is 2.01. The van der Waals surface area contributed by atoms with Crippen LogP contribution in [0.5, 0.6) is 23.0 Å². The van der Waals surface area contributed by atoms with Gasteiger partial charge in [0.05, 0.1) is 21.3 Å². The summed E-state index contributed by atoms with van der Waals surface area (Å²) >= 11 is 0. The van der Waals surface area contributed by atoms with E-state index in [1.165, 1.54) is 39.5 Å². The smallest absolute Gasteiger partial charge is 0.339 e. The van der Waals surface area contributed by atoms with Crippen molar-refractivity contribution in [3.05, 3.63) is 42.0 Å². The molecule has 124 valence electrons. The Bertz CT molecular complexity index is 781. The first-order valence-corrected chi connectivity index (χ1v) is 8.14. The lowest BCUT2D eigenvalue weighted by Gasteiger charge is -2.15. The van der Waals surface area contributed by atoms with Gasteiger partial charge >= 0.3 is 10.1 Å². The Labute approximate surface area is 135 Å². The van der Waals surface area contributed by atoms with Crippen molar-refractivity contribution in [3.8, 4) is 23.0 Å². The Morgan fingerprint density at radius 1 is 0.739 bits per heavy atom. The summed E-state index contributed by atoms with van der Waals surface area (Å²) in [5.41, 5.74) is 0.952. The molecule has 0 heterocycles. The molecule has 2 aromatic rings. The van der Waals surface area contributed by atoms with Crippen LogP contribution in [0.15, 0.2) is 41.3 Å². The van der Waals surface area contributed by atoms with Gasteiger partial charge in [0.15, 0.2) is 11.5 Å². The second kappa shape index (κ2) is 6.78. The first kappa shape index (κ1) is 17.0. The van der Waals surface area contributed by atoms with Crippen molar-refractivity contribution < 1.29 is 26.8 Å². The lowest BCUT2D eigenvalue weighted by atomic mass is 10.2. The van der Waals surface area contributed by atoms with Crippen LogP contribution in [0, 0.1) is 6.92 Å². The normalized spacial score (nSPS) is 11.0. The molecule has 6 nitrogen and oxygen atoms in total. The second-order valence-electron chi connectivity index (χ2n) is 4.68. The van der Waals surface area contributed by atoms with Gasteiger partial charge in [0.25, 0.3) is 0 Å². The number of hydrogen-bond donors (Lipinski definition) is 0. The van der Waals surface area contributed by atoms with Crippen LogP contribution in [0.1, 0.15) is 5.56 Å². The summed E-state index contributed by atoms with van der Waals surface area (Å²) in [5, 5.41) is 0. The topological polar surface area (TPSA) is 71.1 Å². The minimum Gasteiger partial charge on any atom is -0.493 e. The molecule has 7 heteroatoms. The van der Waals surface area contributed by atoms with E-state index in [1.807, 2.05) is 6.92 Å². The van der Waals surface area contributed by atoms with Crippen molar-refractivity contribution in [2.75, 3.05) is 21.3 Å². The van der Waals surface area contributed by atoms with Gasteiger partial charge in [-0.2, -0.15) is 8.42 Å². The van der Waals surface area contributed by atoms with Crippen LogP contribution in [-0.2, 0) is 10.1 Å². The second-order valence-corrected chi connectivity index (χ2v) is 6.23. The van der Waals surface area contributed by atoms with Crippen molar-refractivity contribution in [1.29, 1.82) is 0 Å². The molecule has 2 aromatic carbocycles. The van der Waals surface area contributed by atoms with Gasteiger partial charge in [0.2, 0.25) is 11.5 Å². The van der Waals surface area contributed by atoms with Gasteiger partial charge in [-0.05, 0) is 31.2 Å². The predicted molar refractivity (Wildman–Crippen MR) is 85.1 cm³/mol. The zero-order chi connectivity index (χ0) is 17.0. The SMILES string of the molecule is COc1ccc(OS(=O)(=O)c2ccc(C)cc2)c(OC)c1OC. The number of hydrogen-bond acceptors (Lipinski definition) is 6. The van der Waals surface area contributed by atoms with Crippen LogP contribution in [0.3, 0.4) is 0 Å². The van der Waals surface area contributed by atoms with Gasteiger partial charge in [-0.25, -0.2) is 0 Å². The Morgan fingerprint density at radius 2 is 1.26 bits per heavy atom. The van der Waals surface area contributed by atoms with E-state index in [0.717, 1.165) is 5.56 Å². The molecule has 0 bridgehead atoms. The molecule has 0 atom stereocenters. The van der Waals surface area contributed by atoms with Crippen LogP contribution in [0.2, 0.25) is 0 Å². The predicted octanol–water partition coefficient (Wildman–Crippen LogP) is 2.79. The number of aryl methyl sites for hydroxylation is 1. The van der Waals surface area contributed by atoms with Gasteiger partial charge in [-0.1, -0.05) is 17.7 Å². The highest BCUT2D eigenvalue weighted by molar-refractivity contribution is 7.87. The molecule has 23 heavy (non-hydrogen) atoms. The van der Waals surface area contributed by atoms with Crippen LogP contribution in [-0.4, -0.2) is 29.7 Å². The minimum absolute atomic E-state index is 0.0192. The summed E-state index contributed by atoms with van der Waals surface area (Å²) in [6.07, 6.45) is 0. The van der Waals surface area contributed by atoms with Crippen LogP contribution < -0.4 is 18.4 Å². The zero-order valence-electron chi connectivity index (χ0n) is 13.3. The third kappa shape index (κ3) is 3.50. The van der Waals surface area contributed by atoms with E-state index in [9.17, 15) is 8.42 Å². The number of benzene rings is 2. The molecule has 0 aliphatic rings. The molecule has 0 amide bonds. The molecule has 0 aliphatic heterocycles. The Hall–Kier alpha value is -2.41. The van der Waals surface area contributed by atoms with Gasteiger partial charge in [-0.3, -0.25) is 0 Å². The molecule has 0 saturated carbocycles. The minimum atomic E-state index is -3.98. The first-order valence-electron chi connectivity index (χ1n) is 6.73. The average molecular weight is 338 g/mol. The summed E-state index contributed by atoms with van der Waals surface area (Å²) in [7, 11) is 0.310. The highest BCUT2D eigenvalue weighted by Gasteiger charge is 2.23. The fourth-order valence-corrected chi connectivity index (χ4v) is 2.94. The molecule has 0 spiro atoms. The number of ether oxygens (including phenoxy) is 3. The number of methoxy groups -OCH3 is 3. The molecule has 0 aromatic heterocycles. The largest absolute Gasteiger partial charge is 0.493 e. The van der Waals surface area contributed by atoms with Gasteiger partial charge in [0.1, 0.15) is 4.90 Å². The molecule has 0 radical (unpaired) electrons. The van der Waals surface area contributed by atoms with Crippen LogP contribution >= 0.6 is 0 Å². The summed E-state index contributed by atoms with van der Waals surface area (Å²) in [5.74, 6) is 0.823. The third-order valence-corrected chi connectivity index (χ3v) is 4.43. The maximum absolute atomic E-state index is 12.4. The maximum Gasteiger partial charge on any atom is 0.339 e. The molecule has 0 aliphatic carbocycles. The van der Waals surface area contributed by atoms with Gasteiger partial charge < -0.3 is 18.4 Å². The standard InChI is InChI=1S/C16H18O6S/c1-11-5-7-12(8-6-11)23(17,18)22-14-10-9-13(19-2)15(20-3)16(14)21-4/h5-10H,1-4H3. The van der Waals surface area contributed by atoms with Crippen molar-refractivity contribution in [3.63, 3.8) is 0 Å². The third-order valence-electron chi connectivity index (χ3n) is 3.18. The van der Waals surface area contributed by atoms with E-state index in [0.29, 0.717) is 5.75 Å². The van der Waals surface area contributed by atoms with E-state index < -0.39 is 10.1 Å². The van der Waals surface area contributed by atoms with Gasteiger partial charge in [-0.15, -0.1) is 0 Å². The first-order chi connectivity index (χ1) is 10.9. The van der Waals surface area contributed by atoms with Crippen molar-refractivity contribution in [1.82, 2.24) is 0 Å². The van der Waals surface area contributed by atoms with Crippen LogP contribution in [0.25, 0.3) is 0 Å². The van der Waals surface area contributed by atoms with E-state index in [-0.39, 0.29) is 22.1 Å². The van der Waals surface area contributed by atoms with E-state index in [2.05, 4.69) is 0 Å². The quantitative estimate of drug-likeness (QED) is 0.754. The number of rotatable bonds is 6. The lowest BCUT2D eigenvalue weighted by molar-refractivity contribution is 0.317. The summed E-state index contributed by atoms with van der Waals surface area (Å²) in [6, 6.07) is 9.35. The highest BCUT2D eigenvalue weighted by atomic mass is 32.2. The molecule has 0 saturated heterocycles. The van der Waals surface area contributed by atoms with Crippen molar-refractivity contribution >= 4 is 10.1 Å². The monoisotopic (exact) mass is 338 g/mol. The van der Waals surface area contributed by atoms with Gasteiger partial charge in [0, 0.05) is 0 Å². The average Bonchev–Trinajstić information content (AvgIpc) is 2.54. The highest BCUT2D eigenvalue weighted by Crippen LogP contribution is 2.44. The Morgan fingerprint density at radius 3 is 1.78 bits per heavy atom. The molecule has 0 fully saturated rings. The lowest BCUT2D eigenvalue weighted by Crippen LogP contribution is -2.11. The molecule has 0 N–H and O–H groups in total. The van der Waals surface area contributed by atoms with Crippen molar-refractivity contribution in [2.24, 2.45) is 0 Å². The Balaban J connectivity index is 2.45. The van der Waals surface area contributed by atoms with Crippen LogP contribution in [0.4, 0.5) is 0 Å². The van der Waals surface area contributed by atoms with E-state index >= 15 is 0 Å². The molecular formula is C16H18O6S. The molecular weight excluding hydrogens is 320 g/mol. The summed E-state index contributed by atoms with van der Waals surface area (Å²) < 4.78 is 45.6. The summed E-state index contributed by atoms with van der Waals surface area (Å²) in [6.45, 7) is 1.87. The van der Waals surface area contributed by atoms with E-state index in [1.54, 1.807) is 18.2 Å². The Kier molecular flexibility index (Phi) is 5.00. The fraction of sp³-hybridized carbons (Fsp3) is 0.250. The molecule has 0 unspecified atom stereocenters. The van der Waals surface area contributed by atoms with E-state index in [4.69, 9.17) is 18.4 Å². The maximum atomic E-state index is 12.4. The summed E-state index contributed by atoms with van der Waals surface area (Å²) in [4.78, 5) is 0.0555. The molecule has 2 rings (SSSR count). The van der Waals surface area contributed by atoms with Crippen molar-refractivity contribution in [2.45, 2.75) is 11.8 Å².